The van der Waals surface area contributed by atoms with E-state index < -0.39 is 16.1 Å². The second kappa shape index (κ2) is 12.3. The van der Waals surface area contributed by atoms with Gasteiger partial charge in [0, 0.05) is 18.6 Å². The van der Waals surface area contributed by atoms with Gasteiger partial charge in [0.1, 0.15) is 6.04 Å². The molecular formula is C31H36ClN3O4S. The molecule has 0 spiro atoms. The highest BCUT2D eigenvalue weighted by molar-refractivity contribution is 7.89. The number of carbonyl (C=O) groups is 2. The summed E-state index contributed by atoms with van der Waals surface area (Å²) < 4.78 is 29.0. The van der Waals surface area contributed by atoms with Crippen LogP contribution in [0.5, 0.6) is 0 Å². The number of halogens is 1. The number of amides is 2. The van der Waals surface area contributed by atoms with Gasteiger partial charge in [0.2, 0.25) is 21.8 Å². The number of piperidine rings is 1. The summed E-state index contributed by atoms with van der Waals surface area (Å²) >= 11 is 6.05. The number of benzene rings is 3. The van der Waals surface area contributed by atoms with Gasteiger partial charge < -0.3 is 9.80 Å². The van der Waals surface area contributed by atoms with Gasteiger partial charge in [-0.25, -0.2) is 8.42 Å². The van der Waals surface area contributed by atoms with Crippen molar-refractivity contribution in [2.45, 2.75) is 61.9 Å². The van der Waals surface area contributed by atoms with E-state index in [2.05, 4.69) is 16.9 Å². The number of nitrogens with zero attached hydrogens (tertiary/aromatic N) is 2. The molecule has 0 bridgehead atoms. The van der Waals surface area contributed by atoms with Gasteiger partial charge in [-0.1, -0.05) is 79.7 Å². The van der Waals surface area contributed by atoms with Gasteiger partial charge in [0.25, 0.3) is 0 Å². The number of nitrogens with one attached hydrogen (secondary N) is 1. The van der Waals surface area contributed by atoms with E-state index in [-0.39, 0.29) is 29.3 Å². The lowest BCUT2D eigenvalue weighted by Crippen LogP contribution is -2.54. The van der Waals surface area contributed by atoms with E-state index in [9.17, 15) is 18.0 Å². The Hall–Kier alpha value is -2.94. The van der Waals surface area contributed by atoms with Gasteiger partial charge in [-0.05, 0) is 65.8 Å². The Bertz CT molecular complexity index is 1470. The third-order valence-electron chi connectivity index (χ3n) is 8.31. The van der Waals surface area contributed by atoms with E-state index in [0.29, 0.717) is 30.3 Å². The molecule has 2 atom stereocenters. The molecule has 5 rings (SSSR count). The van der Waals surface area contributed by atoms with Crippen LogP contribution in [0.1, 0.15) is 56.6 Å². The number of fused-ring (bicyclic) bond motifs is 1. The summed E-state index contributed by atoms with van der Waals surface area (Å²) in [5.41, 5.74) is 1.10. The molecular weight excluding hydrogens is 546 g/mol. The van der Waals surface area contributed by atoms with Crippen LogP contribution >= 0.6 is 11.6 Å². The molecule has 7 nitrogen and oxygen atoms in total. The molecule has 0 aromatic heterocycles. The van der Waals surface area contributed by atoms with Crippen LogP contribution in [0, 0.1) is 5.92 Å². The number of hydrogen-bond acceptors (Lipinski definition) is 4. The van der Waals surface area contributed by atoms with Crippen molar-refractivity contribution in [3.05, 3.63) is 77.3 Å². The molecule has 9 heteroatoms. The smallest absolute Gasteiger partial charge is 0.242 e. The molecule has 1 unspecified atom stereocenters. The molecule has 2 aliphatic rings. The summed E-state index contributed by atoms with van der Waals surface area (Å²) in [5.74, 6) is 0.0797. The van der Waals surface area contributed by atoms with Crippen molar-refractivity contribution in [3.8, 4) is 0 Å². The molecule has 1 saturated heterocycles. The van der Waals surface area contributed by atoms with Crippen LogP contribution < -0.4 is 4.72 Å². The molecule has 3 aromatic carbocycles. The second-order valence-electron chi connectivity index (χ2n) is 11.0. The summed E-state index contributed by atoms with van der Waals surface area (Å²) in [5, 5.41) is 2.14. The third-order valence-corrected chi connectivity index (χ3v) is 10.0. The molecule has 2 amide bonds. The fraction of sp³-hybridized carbons (Fsp3) is 0.419. The first-order valence-corrected chi connectivity index (χ1v) is 15.9. The minimum Gasteiger partial charge on any atom is -0.337 e. The lowest BCUT2D eigenvalue weighted by atomic mass is 9.92. The van der Waals surface area contributed by atoms with E-state index in [1.54, 1.807) is 35.2 Å². The van der Waals surface area contributed by atoms with Crippen molar-refractivity contribution >= 4 is 44.2 Å². The maximum absolute atomic E-state index is 13.5. The van der Waals surface area contributed by atoms with E-state index in [4.69, 9.17) is 11.6 Å². The Morgan fingerprint density at radius 1 is 1.00 bits per heavy atom. The van der Waals surface area contributed by atoms with Crippen LogP contribution in [-0.2, 0) is 19.6 Å². The quantitative estimate of drug-likeness (QED) is 0.359. The minimum atomic E-state index is -3.95. The summed E-state index contributed by atoms with van der Waals surface area (Å²) in [6, 6.07) is 19.1. The fourth-order valence-corrected chi connectivity index (χ4v) is 7.47. The van der Waals surface area contributed by atoms with Crippen molar-refractivity contribution in [3.63, 3.8) is 0 Å². The Morgan fingerprint density at radius 3 is 2.45 bits per heavy atom. The van der Waals surface area contributed by atoms with Crippen LogP contribution in [0.2, 0.25) is 5.02 Å². The Morgan fingerprint density at radius 2 is 1.70 bits per heavy atom. The molecule has 1 saturated carbocycles. The summed E-state index contributed by atoms with van der Waals surface area (Å²) in [7, 11) is -2.14. The first kappa shape index (κ1) is 28.6. The number of hydrogen-bond donors (Lipinski definition) is 1. The van der Waals surface area contributed by atoms with E-state index in [0.717, 1.165) is 22.8 Å². The molecule has 40 heavy (non-hydrogen) atoms. The third kappa shape index (κ3) is 6.51. The van der Waals surface area contributed by atoms with Gasteiger partial charge in [0.05, 0.1) is 17.5 Å². The maximum Gasteiger partial charge on any atom is 0.242 e. The summed E-state index contributed by atoms with van der Waals surface area (Å²) in [4.78, 5) is 30.2. The van der Waals surface area contributed by atoms with Crippen LogP contribution in [0.15, 0.2) is 71.6 Å². The molecule has 1 N–H and O–H groups in total. The number of likely N-dealkylation sites (tertiary alicyclic amines) is 1. The van der Waals surface area contributed by atoms with Crippen molar-refractivity contribution in [2.75, 3.05) is 20.1 Å². The monoisotopic (exact) mass is 581 g/mol. The predicted molar refractivity (Wildman–Crippen MR) is 157 cm³/mol. The highest BCUT2D eigenvalue weighted by Gasteiger charge is 2.35. The van der Waals surface area contributed by atoms with Crippen LogP contribution in [0.4, 0.5) is 0 Å². The molecule has 2 fully saturated rings. The summed E-state index contributed by atoms with van der Waals surface area (Å²) in [6.45, 7) is 0.351. The number of rotatable bonds is 9. The van der Waals surface area contributed by atoms with Crippen LogP contribution in [0.25, 0.3) is 10.8 Å². The van der Waals surface area contributed by atoms with E-state index in [1.807, 2.05) is 25.2 Å². The number of carbonyl (C=O) groups excluding carboxylic acids is 2. The summed E-state index contributed by atoms with van der Waals surface area (Å²) in [6.07, 6.45) is 6.73. The van der Waals surface area contributed by atoms with Crippen molar-refractivity contribution < 1.29 is 18.0 Å². The molecule has 0 radical (unpaired) electrons. The first-order valence-electron chi connectivity index (χ1n) is 14.0. The largest absolute Gasteiger partial charge is 0.337 e. The van der Waals surface area contributed by atoms with Gasteiger partial charge in [-0.2, -0.15) is 4.72 Å². The predicted octanol–water partition coefficient (Wildman–Crippen LogP) is 5.54. The maximum atomic E-state index is 13.5. The molecule has 212 valence electrons. The van der Waals surface area contributed by atoms with Crippen molar-refractivity contribution in [1.82, 2.24) is 14.5 Å². The molecule has 3 aromatic rings. The van der Waals surface area contributed by atoms with Gasteiger partial charge in [0.15, 0.2) is 0 Å². The average molecular weight is 582 g/mol. The van der Waals surface area contributed by atoms with E-state index in [1.165, 1.54) is 36.6 Å². The lowest BCUT2D eigenvalue weighted by molar-refractivity contribution is -0.143. The molecule has 1 aliphatic heterocycles. The number of sulfonamides is 1. The SMILES string of the molecule is CN(C(=O)CN1CCC[C@H](NS(=O)(=O)c2ccc3cc(Cl)ccc3c2)C1=O)C(CC1CCCC1)c1ccccc1. The van der Waals surface area contributed by atoms with Crippen molar-refractivity contribution in [2.24, 2.45) is 5.92 Å². The Kier molecular flexibility index (Phi) is 8.78. The minimum absolute atomic E-state index is 0.0613. The Labute approximate surface area is 241 Å². The second-order valence-corrected chi connectivity index (χ2v) is 13.2. The first-order chi connectivity index (χ1) is 19.2. The van der Waals surface area contributed by atoms with Gasteiger partial charge >= 0.3 is 0 Å². The topological polar surface area (TPSA) is 86.8 Å². The number of likely N-dealkylation sites (N-methyl/N-ethyl adjacent to an activating group) is 1. The zero-order chi connectivity index (χ0) is 28.3. The molecule has 1 aliphatic carbocycles. The molecule has 1 heterocycles. The normalized spacial score (nSPS) is 19.2. The van der Waals surface area contributed by atoms with Crippen LogP contribution in [0.3, 0.4) is 0 Å². The van der Waals surface area contributed by atoms with Crippen molar-refractivity contribution in [1.29, 1.82) is 0 Å². The average Bonchev–Trinajstić information content (AvgIpc) is 3.47. The fourth-order valence-electron chi connectivity index (χ4n) is 6.03. The standard InChI is InChI=1S/C31H36ClN3O4S/c1-34(29(18-22-8-5-6-9-22)23-10-3-2-4-11-23)30(36)21-35-17-7-12-28(31(35)37)33-40(38,39)27-16-14-24-19-26(32)15-13-25(24)20-27/h2-4,10-11,13-16,19-20,22,28-29,33H,5-9,12,17-18,21H2,1H3/t28-,29?/m0/s1. The van der Waals surface area contributed by atoms with Gasteiger partial charge in [-0.3, -0.25) is 9.59 Å². The zero-order valence-electron chi connectivity index (χ0n) is 22.8. The highest BCUT2D eigenvalue weighted by atomic mass is 35.5. The highest BCUT2D eigenvalue weighted by Crippen LogP contribution is 2.35. The van der Waals surface area contributed by atoms with E-state index >= 15 is 0 Å². The zero-order valence-corrected chi connectivity index (χ0v) is 24.3. The van der Waals surface area contributed by atoms with Gasteiger partial charge in [-0.15, -0.1) is 0 Å². The van der Waals surface area contributed by atoms with Crippen LogP contribution in [-0.4, -0.2) is 56.2 Å². The Balaban J connectivity index is 1.26. The lowest BCUT2D eigenvalue weighted by Gasteiger charge is -2.35.